The minimum absolute atomic E-state index is 0.629. The van der Waals surface area contributed by atoms with Crippen LogP contribution in [0.15, 0.2) is 0 Å². The van der Waals surface area contributed by atoms with Crippen LogP contribution in [0.1, 0.15) is 6.92 Å². The van der Waals surface area contributed by atoms with E-state index in [0.717, 1.165) is 32.8 Å². The third-order valence-electron chi connectivity index (χ3n) is 2.67. The number of hydrogen-bond donors (Lipinski definition) is 0. The molecule has 1 aliphatic rings. The van der Waals surface area contributed by atoms with Crippen LogP contribution in [0.4, 0.5) is 0 Å². The SMILES string of the molecule is CCN1CCOCCOCCOCCOCC1. The van der Waals surface area contributed by atoms with Crippen LogP contribution in [0.2, 0.25) is 0 Å². The van der Waals surface area contributed by atoms with E-state index in [4.69, 9.17) is 18.9 Å². The molecule has 0 amide bonds. The van der Waals surface area contributed by atoms with Crippen LogP contribution in [-0.4, -0.2) is 77.4 Å². The maximum Gasteiger partial charge on any atom is 0.0701 e. The Morgan fingerprint density at radius 1 is 0.647 bits per heavy atom. The van der Waals surface area contributed by atoms with Gasteiger partial charge in [-0.15, -0.1) is 0 Å². The second-order valence-electron chi connectivity index (χ2n) is 3.88. The van der Waals surface area contributed by atoms with Gasteiger partial charge in [-0.2, -0.15) is 0 Å². The van der Waals surface area contributed by atoms with E-state index < -0.39 is 0 Å². The zero-order chi connectivity index (χ0) is 12.2. The smallest absolute Gasteiger partial charge is 0.0701 e. The van der Waals surface area contributed by atoms with Crippen LogP contribution in [0.3, 0.4) is 0 Å². The highest BCUT2D eigenvalue weighted by atomic mass is 16.6. The van der Waals surface area contributed by atoms with Crippen molar-refractivity contribution in [3.8, 4) is 0 Å². The third kappa shape index (κ3) is 8.51. The lowest BCUT2D eigenvalue weighted by molar-refractivity contribution is 0.00206. The lowest BCUT2D eigenvalue weighted by Crippen LogP contribution is -2.31. The summed E-state index contributed by atoms with van der Waals surface area (Å²) in [5, 5.41) is 0. The Bertz CT molecular complexity index is 153. The largest absolute Gasteiger partial charge is 0.378 e. The lowest BCUT2D eigenvalue weighted by Gasteiger charge is -2.20. The highest BCUT2D eigenvalue weighted by Gasteiger charge is 2.02. The lowest BCUT2D eigenvalue weighted by atomic mass is 10.5. The van der Waals surface area contributed by atoms with Crippen molar-refractivity contribution in [2.24, 2.45) is 0 Å². The van der Waals surface area contributed by atoms with Crippen molar-refractivity contribution in [1.82, 2.24) is 4.90 Å². The van der Waals surface area contributed by atoms with E-state index in [2.05, 4.69) is 11.8 Å². The molecule has 102 valence electrons. The van der Waals surface area contributed by atoms with Gasteiger partial charge in [-0.05, 0) is 6.54 Å². The van der Waals surface area contributed by atoms with E-state index in [0.29, 0.717) is 39.6 Å². The molecule has 5 heteroatoms. The van der Waals surface area contributed by atoms with Gasteiger partial charge in [0.2, 0.25) is 0 Å². The molecule has 5 nitrogen and oxygen atoms in total. The molecule has 1 fully saturated rings. The van der Waals surface area contributed by atoms with Crippen LogP contribution >= 0.6 is 0 Å². The first-order valence-electron chi connectivity index (χ1n) is 6.47. The quantitative estimate of drug-likeness (QED) is 0.670. The Balaban J connectivity index is 2.16. The van der Waals surface area contributed by atoms with E-state index >= 15 is 0 Å². The zero-order valence-corrected chi connectivity index (χ0v) is 10.9. The van der Waals surface area contributed by atoms with Crippen molar-refractivity contribution in [3.05, 3.63) is 0 Å². The fourth-order valence-electron chi connectivity index (χ4n) is 1.58. The Labute approximate surface area is 104 Å². The predicted octanol–water partition coefficient (Wildman–Crippen LogP) is 0.388. The topological polar surface area (TPSA) is 40.2 Å². The van der Waals surface area contributed by atoms with Gasteiger partial charge in [0, 0.05) is 13.1 Å². The summed E-state index contributed by atoms with van der Waals surface area (Å²) in [7, 11) is 0. The highest BCUT2D eigenvalue weighted by Crippen LogP contribution is 1.91. The van der Waals surface area contributed by atoms with Crippen molar-refractivity contribution < 1.29 is 18.9 Å². The van der Waals surface area contributed by atoms with E-state index in [1.807, 2.05) is 0 Å². The minimum Gasteiger partial charge on any atom is -0.378 e. The van der Waals surface area contributed by atoms with Gasteiger partial charge in [0.05, 0.1) is 52.9 Å². The summed E-state index contributed by atoms with van der Waals surface area (Å²) in [5.41, 5.74) is 0. The monoisotopic (exact) mass is 247 g/mol. The van der Waals surface area contributed by atoms with Gasteiger partial charge in [-0.3, -0.25) is 4.90 Å². The molecule has 0 aromatic rings. The third-order valence-corrected chi connectivity index (χ3v) is 2.67. The van der Waals surface area contributed by atoms with Gasteiger partial charge in [0.15, 0.2) is 0 Å². The van der Waals surface area contributed by atoms with Gasteiger partial charge < -0.3 is 18.9 Å². The molecule has 0 aliphatic carbocycles. The van der Waals surface area contributed by atoms with Crippen LogP contribution in [0, 0.1) is 0 Å². The Morgan fingerprint density at radius 3 is 1.35 bits per heavy atom. The summed E-state index contributed by atoms with van der Waals surface area (Å²) >= 11 is 0. The summed E-state index contributed by atoms with van der Waals surface area (Å²) in [4.78, 5) is 2.32. The van der Waals surface area contributed by atoms with Crippen LogP contribution in [0.25, 0.3) is 0 Å². The number of ether oxygens (including phenoxy) is 4. The Hall–Kier alpha value is -0.200. The molecule has 0 bridgehead atoms. The van der Waals surface area contributed by atoms with Gasteiger partial charge in [0.25, 0.3) is 0 Å². The normalized spacial score (nSPS) is 23.8. The predicted molar refractivity (Wildman–Crippen MR) is 65.4 cm³/mol. The number of rotatable bonds is 1. The Morgan fingerprint density at radius 2 is 1.00 bits per heavy atom. The van der Waals surface area contributed by atoms with Crippen molar-refractivity contribution in [1.29, 1.82) is 0 Å². The molecule has 0 spiro atoms. The van der Waals surface area contributed by atoms with Crippen molar-refractivity contribution >= 4 is 0 Å². The standard InChI is InChI=1S/C12H25NO4/c1-2-13-3-5-14-7-9-16-11-12-17-10-8-15-6-4-13/h2-12H2,1H3. The fourth-order valence-corrected chi connectivity index (χ4v) is 1.58. The molecule has 1 aliphatic heterocycles. The van der Waals surface area contributed by atoms with Crippen LogP contribution in [-0.2, 0) is 18.9 Å². The molecule has 0 unspecified atom stereocenters. The second-order valence-corrected chi connectivity index (χ2v) is 3.88. The van der Waals surface area contributed by atoms with Crippen LogP contribution in [0.5, 0.6) is 0 Å². The van der Waals surface area contributed by atoms with Gasteiger partial charge in [-0.1, -0.05) is 6.92 Å². The number of hydrogen-bond acceptors (Lipinski definition) is 5. The molecule has 0 atom stereocenters. The number of likely N-dealkylation sites (N-methyl/N-ethyl adjacent to an activating group) is 1. The van der Waals surface area contributed by atoms with Gasteiger partial charge in [0.1, 0.15) is 0 Å². The highest BCUT2D eigenvalue weighted by molar-refractivity contribution is 4.54. The summed E-state index contributed by atoms with van der Waals surface area (Å²) in [6, 6.07) is 0. The maximum absolute atomic E-state index is 5.49. The first-order chi connectivity index (χ1) is 8.43. The average Bonchev–Trinajstić information content (AvgIpc) is 2.36. The molecule has 17 heavy (non-hydrogen) atoms. The van der Waals surface area contributed by atoms with Gasteiger partial charge in [-0.25, -0.2) is 0 Å². The molecule has 0 radical (unpaired) electrons. The Kier molecular flexibility index (Phi) is 9.55. The maximum atomic E-state index is 5.49. The number of nitrogens with zero attached hydrogens (tertiary/aromatic N) is 1. The fraction of sp³-hybridized carbons (Fsp3) is 1.00. The van der Waals surface area contributed by atoms with E-state index in [9.17, 15) is 0 Å². The molecule has 1 saturated heterocycles. The second kappa shape index (κ2) is 10.9. The molecule has 0 aromatic carbocycles. The molecular weight excluding hydrogens is 222 g/mol. The minimum atomic E-state index is 0.629. The molecule has 0 N–H and O–H groups in total. The van der Waals surface area contributed by atoms with Crippen molar-refractivity contribution in [2.45, 2.75) is 6.92 Å². The summed E-state index contributed by atoms with van der Waals surface area (Å²) in [6.07, 6.45) is 0. The summed E-state index contributed by atoms with van der Waals surface area (Å²) in [6.45, 7) is 10.5. The van der Waals surface area contributed by atoms with E-state index in [-0.39, 0.29) is 0 Å². The van der Waals surface area contributed by atoms with Gasteiger partial charge >= 0.3 is 0 Å². The molecule has 0 aromatic heterocycles. The summed E-state index contributed by atoms with van der Waals surface area (Å²) in [5.74, 6) is 0. The molecular formula is C12H25NO4. The molecule has 1 rings (SSSR count). The summed E-state index contributed by atoms with van der Waals surface area (Å²) < 4.78 is 21.7. The van der Waals surface area contributed by atoms with Crippen molar-refractivity contribution in [3.63, 3.8) is 0 Å². The van der Waals surface area contributed by atoms with Crippen molar-refractivity contribution in [2.75, 3.05) is 72.5 Å². The van der Waals surface area contributed by atoms with E-state index in [1.165, 1.54) is 0 Å². The average molecular weight is 247 g/mol. The molecule has 1 heterocycles. The first-order valence-corrected chi connectivity index (χ1v) is 6.47. The first kappa shape index (κ1) is 14.9. The van der Waals surface area contributed by atoms with Crippen LogP contribution < -0.4 is 0 Å². The molecule has 0 saturated carbocycles. The van der Waals surface area contributed by atoms with E-state index in [1.54, 1.807) is 0 Å². The zero-order valence-electron chi connectivity index (χ0n) is 10.9.